The summed E-state index contributed by atoms with van der Waals surface area (Å²) in [7, 11) is 0. The summed E-state index contributed by atoms with van der Waals surface area (Å²) in [6.07, 6.45) is -0.133. The number of carbonyl (C=O) groups excluding carboxylic acids is 2. The third-order valence-electron chi connectivity index (χ3n) is 2.10. The Morgan fingerprint density at radius 3 is 2.56 bits per heavy atom. The van der Waals surface area contributed by atoms with Crippen LogP contribution in [-0.2, 0) is 14.3 Å². The van der Waals surface area contributed by atoms with Crippen molar-refractivity contribution < 1.29 is 19.1 Å². The smallest absolute Gasteiger partial charge is 0.430 e. The Labute approximate surface area is 94.2 Å². The van der Waals surface area contributed by atoms with Gasteiger partial charge in [0.25, 0.3) is 0 Å². The van der Waals surface area contributed by atoms with Gasteiger partial charge in [0.05, 0.1) is 19.3 Å². The van der Waals surface area contributed by atoms with E-state index in [0.29, 0.717) is 13.0 Å². The van der Waals surface area contributed by atoms with Crippen molar-refractivity contribution in [2.24, 2.45) is 5.10 Å². The van der Waals surface area contributed by atoms with E-state index in [9.17, 15) is 9.59 Å². The van der Waals surface area contributed by atoms with E-state index in [2.05, 4.69) is 5.10 Å². The summed E-state index contributed by atoms with van der Waals surface area (Å²) in [4.78, 5) is 22.8. The van der Waals surface area contributed by atoms with Gasteiger partial charge in [0.1, 0.15) is 5.71 Å². The van der Waals surface area contributed by atoms with Crippen LogP contribution in [0.4, 0.5) is 4.79 Å². The molecule has 1 unspecified atom stereocenters. The molecule has 0 N–H and O–H groups in total. The van der Waals surface area contributed by atoms with Crippen LogP contribution in [0.1, 0.15) is 27.2 Å². The van der Waals surface area contributed by atoms with E-state index in [4.69, 9.17) is 9.47 Å². The first-order valence-electron chi connectivity index (χ1n) is 5.30. The molecule has 0 saturated heterocycles. The lowest BCUT2D eigenvalue weighted by molar-refractivity contribution is -0.135. The van der Waals surface area contributed by atoms with E-state index in [1.807, 2.05) is 0 Å². The topological polar surface area (TPSA) is 68.2 Å². The number of amides is 1. The normalized spacial score (nSPS) is 19.3. The standard InChI is InChI=1S/C10H16N2O4/c1-4-15-9(13)8-6-7(3)12(11-8)10(14)16-5-2/h7H,4-6H2,1-3H3. The van der Waals surface area contributed by atoms with Crippen molar-refractivity contribution in [3.63, 3.8) is 0 Å². The number of rotatable bonds is 3. The van der Waals surface area contributed by atoms with Crippen LogP contribution in [-0.4, -0.2) is 42.0 Å². The van der Waals surface area contributed by atoms with Crippen LogP contribution < -0.4 is 0 Å². The van der Waals surface area contributed by atoms with Gasteiger partial charge in [0.15, 0.2) is 0 Å². The van der Waals surface area contributed by atoms with Crippen molar-refractivity contribution in [1.29, 1.82) is 0 Å². The van der Waals surface area contributed by atoms with Crippen LogP contribution in [0.2, 0.25) is 0 Å². The molecule has 1 amide bonds. The highest BCUT2D eigenvalue weighted by atomic mass is 16.6. The number of nitrogens with zero attached hydrogens (tertiary/aromatic N) is 2. The van der Waals surface area contributed by atoms with Crippen LogP contribution in [0.15, 0.2) is 5.10 Å². The minimum atomic E-state index is -0.533. The molecular formula is C10H16N2O4. The highest BCUT2D eigenvalue weighted by molar-refractivity contribution is 6.37. The average molecular weight is 228 g/mol. The van der Waals surface area contributed by atoms with Crippen LogP contribution in [0.5, 0.6) is 0 Å². The zero-order valence-corrected chi connectivity index (χ0v) is 9.73. The third-order valence-corrected chi connectivity index (χ3v) is 2.10. The lowest BCUT2D eigenvalue weighted by Crippen LogP contribution is -2.31. The number of ether oxygens (including phenoxy) is 2. The monoisotopic (exact) mass is 228 g/mol. The average Bonchev–Trinajstić information content (AvgIpc) is 2.61. The summed E-state index contributed by atoms with van der Waals surface area (Å²) in [5.74, 6) is -0.471. The van der Waals surface area contributed by atoms with Crippen LogP contribution in [0, 0.1) is 0 Å². The second-order valence-electron chi connectivity index (χ2n) is 3.36. The molecule has 0 fully saturated rings. The van der Waals surface area contributed by atoms with Crippen LogP contribution in [0.25, 0.3) is 0 Å². The second-order valence-corrected chi connectivity index (χ2v) is 3.36. The lowest BCUT2D eigenvalue weighted by Gasteiger charge is -2.16. The van der Waals surface area contributed by atoms with Gasteiger partial charge in [0.2, 0.25) is 0 Å². The Bertz CT molecular complexity index is 314. The van der Waals surface area contributed by atoms with Gasteiger partial charge < -0.3 is 9.47 Å². The number of esters is 1. The molecule has 1 atom stereocenters. The molecule has 0 saturated carbocycles. The van der Waals surface area contributed by atoms with Crippen molar-refractivity contribution in [3.05, 3.63) is 0 Å². The fourth-order valence-corrected chi connectivity index (χ4v) is 1.38. The first-order chi connectivity index (χ1) is 7.60. The fraction of sp³-hybridized carbons (Fsp3) is 0.700. The number of hydrazone groups is 1. The predicted octanol–water partition coefficient (Wildman–Crippen LogP) is 1.16. The minimum absolute atomic E-state index is 0.168. The highest BCUT2D eigenvalue weighted by Crippen LogP contribution is 2.16. The fourth-order valence-electron chi connectivity index (χ4n) is 1.38. The second kappa shape index (κ2) is 5.48. The van der Waals surface area contributed by atoms with Crippen LogP contribution in [0.3, 0.4) is 0 Å². The van der Waals surface area contributed by atoms with E-state index in [0.717, 1.165) is 0 Å². The van der Waals surface area contributed by atoms with E-state index in [1.54, 1.807) is 20.8 Å². The van der Waals surface area contributed by atoms with Crippen LogP contribution >= 0.6 is 0 Å². The zero-order chi connectivity index (χ0) is 12.1. The molecule has 16 heavy (non-hydrogen) atoms. The largest absolute Gasteiger partial charge is 0.461 e. The van der Waals surface area contributed by atoms with Gasteiger partial charge in [-0.05, 0) is 20.8 Å². The summed E-state index contributed by atoms with van der Waals surface area (Å²) in [6.45, 7) is 5.82. The zero-order valence-electron chi connectivity index (χ0n) is 9.73. The quantitative estimate of drug-likeness (QED) is 0.680. The first-order valence-corrected chi connectivity index (χ1v) is 5.30. The molecule has 0 radical (unpaired) electrons. The van der Waals surface area contributed by atoms with E-state index in [1.165, 1.54) is 5.01 Å². The predicted molar refractivity (Wildman–Crippen MR) is 57.0 cm³/mol. The van der Waals surface area contributed by atoms with Gasteiger partial charge >= 0.3 is 12.1 Å². The molecule has 1 aliphatic heterocycles. The van der Waals surface area contributed by atoms with Gasteiger partial charge in [-0.15, -0.1) is 0 Å². The van der Waals surface area contributed by atoms with Gasteiger partial charge in [-0.3, -0.25) is 0 Å². The number of hydrogen-bond donors (Lipinski definition) is 0. The number of carbonyl (C=O) groups is 2. The minimum Gasteiger partial charge on any atom is -0.461 e. The van der Waals surface area contributed by atoms with Gasteiger partial charge in [-0.1, -0.05) is 0 Å². The SMILES string of the molecule is CCOC(=O)C1=NN(C(=O)OCC)C(C)C1. The Balaban J connectivity index is 2.67. The Morgan fingerprint density at radius 1 is 1.38 bits per heavy atom. The Hall–Kier alpha value is -1.59. The van der Waals surface area contributed by atoms with Crippen molar-refractivity contribution in [2.75, 3.05) is 13.2 Å². The molecule has 6 heteroatoms. The maximum atomic E-state index is 11.4. The van der Waals surface area contributed by atoms with Gasteiger partial charge in [-0.25, -0.2) is 9.59 Å². The summed E-state index contributed by atoms with van der Waals surface area (Å²) >= 11 is 0. The third kappa shape index (κ3) is 2.71. The maximum Gasteiger partial charge on any atom is 0.430 e. The molecule has 0 bridgehead atoms. The molecule has 0 spiro atoms. The highest BCUT2D eigenvalue weighted by Gasteiger charge is 2.32. The van der Waals surface area contributed by atoms with Crippen molar-refractivity contribution in [2.45, 2.75) is 33.2 Å². The molecular weight excluding hydrogens is 212 g/mol. The van der Waals surface area contributed by atoms with Gasteiger partial charge in [-0.2, -0.15) is 10.1 Å². The van der Waals surface area contributed by atoms with E-state index < -0.39 is 12.1 Å². The Kier molecular flexibility index (Phi) is 4.28. The molecule has 0 aromatic heterocycles. The summed E-state index contributed by atoms with van der Waals surface area (Å²) < 4.78 is 9.63. The van der Waals surface area contributed by atoms with E-state index in [-0.39, 0.29) is 18.4 Å². The van der Waals surface area contributed by atoms with Gasteiger partial charge in [0, 0.05) is 6.42 Å². The molecule has 1 heterocycles. The first kappa shape index (κ1) is 12.5. The number of hydrogen-bond acceptors (Lipinski definition) is 5. The van der Waals surface area contributed by atoms with Crippen molar-refractivity contribution >= 4 is 17.8 Å². The Morgan fingerprint density at radius 2 is 2.00 bits per heavy atom. The summed E-state index contributed by atoms with van der Waals surface area (Å²) in [6, 6.07) is -0.168. The van der Waals surface area contributed by atoms with Crippen molar-refractivity contribution in [1.82, 2.24) is 5.01 Å². The molecule has 1 aliphatic rings. The molecule has 90 valence electrons. The maximum absolute atomic E-state index is 11.4. The molecule has 0 aromatic carbocycles. The summed E-state index contributed by atoms with van der Waals surface area (Å²) in [5, 5.41) is 5.08. The summed E-state index contributed by atoms with van der Waals surface area (Å²) in [5.41, 5.74) is 0.266. The van der Waals surface area contributed by atoms with Crippen molar-refractivity contribution in [3.8, 4) is 0 Å². The molecule has 6 nitrogen and oxygen atoms in total. The lowest BCUT2D eigenvalue weighted by atomic mass is 10.2. The van der Waals surface area contributed by atoms with E-state index >= 15 is 0 Å². The molecule has 0 aromatic rings. The molecule has 0 aliphatic carbocycles. The molecule has 1 rings (SSSR count).